The SMILES string of the molecule is CN1CCC(NC(=O)c2ccc(Nc3ncc(F)c(NC4=CCC(C)(Cl)C(NC(=O)CC(C)(C)C)=C4)n3)cc2F)CC1. The van der Waals surface area contributed by atoms with Gasteiger partial charge in [-0.3, -0.25) is 9.59 Å². The molecule has 1 unspecified atom stereocenters. The predicted octanol–water partition coefficient (Wildman–Crippen LogP) is 5.46. The molecule has 4 N–H and O–H groups in total. The predicted molar refractivity (Wildman–Crippen MR) is 161 cm³/mol. The molecule has 0 spiro atoms. The van der Waals surface area contributed by atoms with E-state index >= 15 is 0 Å². The number of carbonyl (C=O) groups is 2. The quantitative estimate of drug-likeness (QED) is 0.298. The molecule has 1 aliphatic carbocycles. The second-order valence-electron chi connectivity index (χ2n) is 12.3. The monoisotopic (exact) mass is 601 g/mol. The molecule has 2 heterocycles. The van der Waals surface area contributed by atoms with Crippen LogP contribution >= 0.6 is 11.6 Å². The van der Waals surface area contributed by atoms with Crippen molar-refractivity contribution in [1.29, 1.82) is 0 Å². The first-order valence-electron chi connectivity index (χ1n) is 14.0. The highest BCUT2D eigenvalue weighted by Gasteiger charge is 2.31. The van der Waals surface area contributed by atoms with Crippen LogP contribution in [0.4, 0.5) is 26.2 Å². The number of carbonyl (C=O) groups excluding carboxylic acids is 2. The van der Waals surface area contributed by atoms with Gasteiger partial charge in [0, 0.05) is 29.5 Å². The molecule has 0 bridgehead atoms. The van der Waals surface area contributed by atoms with Gasteiger partial charge in [-0.1, -0.05) is 26.8 Å². The van der Waals surface area contributed by atoms with Gasteiger partial charge in [0.25, 0.3) is 5.91 Å². The summed E-state index contributed by atoms with van der Waals surface area (Å²) in [4.78, 5) is 34.7. The van der Waals surface area contributed by atoms with Gasteiger partial charge in [0.1, 0.15) is 5.82 Å². The number of hydrogen-bond donors (Lipinski definition) is 4. The average molecular weight is 602 g/mol. The maximum Gasteiger partial charge on any atom is 0.254 e. The van der Waals surface area contributed by atoms with Crippen LogP contribution in [-0.2, 0) is 4.79 Å². The van der Waals surface area contributed by atoms with Gasteiger partial charge in [0.05, 0.1) is 16.6 Å². The second-order valence-corrected chi connectivity index (χ2v) is 13.1. The summed E-state index contributed by atoms with van der Waals surface area (Å²) in [7, 11) is 2.03. The van der Waals surface area contributed by atoms with Gasteiger partial charge in [-0.15, -0.1) is 11.6 Å². The molecule has 1 atom stereocenters. The third-order valence-corrected chi connectivity index (χ3v) is 7.42. The Balaban J connectivity index is 1.43. The summed E-state index contributed by atoms with van der Waals surface area (Å²) in [5, 5.41) is 11.6. The van der Waals surface area contributed by atoms with Crippen molar-refractivity contribution >= 4 is 40.9 Å². The van der Waals surface area contributed by atoms with Gasteiger partial charge in [0.2, 0.25) is 11.9 Å². The minimum atomic E-state index is -0.837. The number of amides is 2. The lowest BCUT2D eigenvalue weighted by molar-refractivity contribution is -0.122. The standard InChI is InChI=1S/C30H38ClF2N7O2/c1-29(2,3)16-25(41)38-24-15-20(8-11-30(24,4)31)35-26-23(33)17-34-28(39-26)37-19-6-7-21(22(32)14-19)27(42)36-18-9-12-40(5)13-10-18/h6-8,14-15,17-18H,9-13,16H2,1-5H3,(H,36,42)(H,38,41)(H2,34,35,37,39). The van der Waals surface area contributed by atoms with Crippen LogP contribution in [0.2, 0.25) is 0 Å². The molecule has 1 fully saturated rings. The van der Waals surface area contributed by atoms with Gasteiger partial charge < -0.3 is 26.2 Å². The van der Waals surface area contributed by atoms with E-state index in [4.69, 9.17) is 11.6 Å². The number of nitrogens with one attached hydrogen (secondary N) is 4. The molecule has 4 rings (SSSR count). The minimum Gasteiger partial charge on any atom is -0.349 e. The summed E-state index contributed by atoms with van der Waals surface area (Å²) in [6.07, 6.45) is 6.74. The van der Waals surface area contributed by atoms with Crippen molar-refractivity contribution < 1.29 is 18.4 Å². The third-order valence-electron chi connectivity index (χ3n) is 7.06. The molecule has 2 aliphatic rings. The Labute approximate surface area is 250 Å². The van der Waals surface area contributed by atoms with E-state index in [1.54, 1.807) is 19.1 Å². The van der Waals surface area contributed by atoms with Crippen molar-refractivity contribution in [3.63, 3.8) is 0 Å². The van der Waals surface area contributed by atoms with Gasteiger partial charge in [-0.2, -0.15) is 4.98 Å². The molecule has 12 heteroatoms. The van der Waals surface area contributed by atoms with E-state index < -0.39 is 22.4 Å². The summed E-state index contributed by atoms with van der Waals surface area (Å²) < 4.78 is 29.5. The first-order valence-corrected chi connectivity index (χ1v) is 14.3. The lowest BCUT2D eigenvalue weighted by atomic mass is 9.91. The third kappa shape index (κ3) is 8.48. The Kier molecular flexibility index (Phi) is 9.52. The van der Waals surface area contributed by atoms with Crippen molar-refractivity contribution in [2.75, 3.05) is 30.8 Å². The van der Waals surface area contributed by atoms with Crippen LogP contribution < -0.4 is 21.3 Å². The Hall–Kier alpha value is -3.57. The normalized spacial score (nSPS) is 19.9. The van der Waals surface area contributed by atoms with Crippen molar-refractivity contribution in [1.82, 2.24) is 25.5 Å². The molecule has 42 heavy (non-hydrogen) atoms. The molecule has 226 valence electrons. The highest BCUT2D eigenvalue weighted by molar-refractivity contribution is 6.26. The van der Waals surface area contributed by atoms with Crippen molar-refractivity contribution in [2.45, 2.75) is 64.3 Å². The van der Waals surface area contributed by atoms with E-state index in [1.807, 2.05) is 27.8 Å². The van der Waals surface area contributed by atoms with Crippen LogP contribution in [0.1, 0.15) is 63.7 Å². The molecule has 1 aromatic heterocycles. The molecule has 9 nitrogen and oxygen atoms in total. The lowest BCUT2D eigenvalue weighted by Crippen LogP contribution is -2.43. The topological polar surface area (TPSA) is 111 Å². The summed E-state index contributed by atoms with van der Waals surface area (Å²) in [5.41, 5.74) is 1.02. The summed E-state index contributed by atoms with van der Waals surface area (Å²) in [6, 6.07) is 4.10. The van der Waals surface area contributed by atoms with E-state index in [9.17, 15) is 18.4 Å². The maximum atomic E-state index is 14.9. The minimum absolute atomic E-state index is 0.00702. The van der Waals surface area contributed by atoms with Crippen molar-refractivity contribution in [3.05, 3.63) is 65.1 Å². The van der Waals surface area contributed by atoms with Crippen LogP contribution in [0.15, 0.2) is 47.9 Å². The first kappa shape index (κ1) is 31.4. The number of benzene rings is 1. The zero-order chi connectivity index (χ0) is 30.7. The summed E-state index contributed by atoms with van der Waals surface area (Å²) >= 11 is 6.64. The highest BCUT2D eigenvalue weighted by Crippen LogP contribution is 2.33. The zero-order valence-corrected chi connectivity index (χ0v) is 25.3. The lowest BCUT2D eigenvalue weighted by Gasteiger charge is -2.30. The van der Waals surface area contributed by atoms with Gasteiger partial charge in [-0.05, 0) is 76.0 Å². The number of piperidine rings is 1. The molecule has 2 amide bonds. The molecule has 1 aromatic carbocycles. The molecular weight excluding hydrogens is 564 g/mol. The second kappa shape index (κ2) is 12.7. The number of aromatic nitrogens is 2. The van der Waals surface area contributed by atoms with Crippen LogP contribution in [-0.4, -0.2) is 57.7 Å². The number of allylic oxidation sites excluding steroid dienone is 3. The number of hydrogen-bond acceptors (Lipinski definition) is 7. The van der Waals surface area contributed by atoms with E-state index in [-0.39, 0.29) is 34.7 Å². The van der Waals surface area contributed by atoms with E-state index in [0.717, 1.165) is 32.1 Å². The molecule has 0 saturated carbocycles. The van der Waals surface area contributed by atoms with Crippen LogP contribution in [0.25, 0.3) is 0 Å². The fraction of sp³-hybridized carbons (Fsp3) is 0.467. The number of anilines is 3. The van der Waals surface area contributed by atoms with Crippen molar-refractivity contribution in [3.8, 4) is 0 Å². The number of nitrogens with zero attached hydrogens (tertiary/aromatic N) is 3. The molecular formula is C30H38ClF2N7O2. The Morgan fingerprint density at radius 2 is 1.86 bits per heavy atom. The number of halogens is 3. The Morgan fingerprint density at radius 1 is 1.14 bits per heavy atom. The average Bonchev–Trinajstić information content (AvgIpc) is 2.88. The largest absolute Gasteiger partial charge is 0.349 e. The van der Waals surface area contributed by atoms with E-state index in [0.29, 0.717) is 29.9 Å². The van der Waals surface area contributed by atoms with E-state index in [2.05, 4.69) is 36.1 Å². The maximum absolute atomic E-state index is 14.9. The first-order chi connectivity index (χ1) is 19.7. The van der Waals surface area contributed by atoms with E-state index in [1.165, 1.54) is 18.2 Å². The summed E-state index contributed by atoms with van der Waals surface area (Å²) in [6.45, 7) is 9.44. The zero-order valence-electron chi connectivity index (χ0n) is 24.6. The van der Waals surface area contributed by atoms with Gasteiger partial charge in [0.15, 0.2) is 11.6 Å². The molecule has 2 aromatic rings. The fourth-order valence-electron chi connectivity index (χ4n) is 4.68. The molecule has 1 saturated heterocycles. The number of alkyl halides is 1. The molecule has 1 aliphatic heterocycles. The van der Waals surface area contributed by atoms with Gasteiger partial charge >= 0.3 is 0 Å². The van der Waals surface area contributed by atoms with Crippen LogP contribution in [0.5, 0.6) is 0 Å². The van der Waals surface area contributed by atoms with Crippen LogP contribution in [0, 0.1) is 17.0 Å². The van der Waals surface area contributed by atoms with Gasteiger partial charge in [-0.25, -0.2) is 13.8 Å². The highest BCUT2D eigenvalue weighted by atomic mass is 35.5. The smallest absolute Gasteiger partial charge is 0.254 e. The van der Waals surface area contributed by atoms with Crippen molar-refractivity contribution in [2.24, 2.45) is 5.41 Å². The summed E-state index contributed by atoms with van der Waals surface area (Å²) in [5.74, 6) is -2.15. The Morgan fingerprint density at radius 3 is 2.52 bits per heavy atom. The van der Waals surface area contributed by atoms with Crippen LogP contribution in [0.3, 0.4) is 0 Å². The molecule has 0 radical (unpaired) electrons. The fourth-order valence-corrected chi connectivity index (χ4v) is 4.86. The Bertz CT molecular complexity index is 1400. The number of rotatable bonds is 8. The number of likely N-dealkylation sites (tertiary alicyclic amines) is 1.